The number of halogens is 2. The summed E-state index contributed by atoms with van der Waals surface area (Å²) in [6.07, 6.45) is 5.90. The number of hydrogen-bond donors (Lipinski definition) is 1. The zero-order valence-electron chi connectivity index (χ0n) is 21.5. The summed E-state index contributed by atoms with van der Waals surface area (Å²) in [6, 6.07) is 24.6. The number of carbonyl (C=O) groups is 2. The van der Waals surface area contributed by atoms with Crippen molar-refractivity contribution >= 4 is 46.8 Å². The van der Waals surface area contributed by atoms with Gasteiger partial charge in [0.1, 0.15) is 6.04 Å². The van der Waals surface area contributed by atoms with Gasteiger partial charge in [-0.3, -0.25) is 9.59 Å². The first-order valence-electron chi connectivity index (χ1n) is 13.2. The van der Waals surface area contributed by atoms with Crippen LogP contribution < -0.4 is 5.32 Å². The highest BCUT2D eigenvalue weighted by molar-refractivity contribution is 7.99. The Bertz CT molecular complexity index is 1180. The van der Waals surface area contributed by atoms with Gasteiger partial charge in [-0.2, -0.15) is 0 Å². The van der Waals surface area contributed by atoms with E-state index in [0.29, 0.717) is 28.8 Å². The minimum atomic E-state index is -0.616. The van der Waals surface area contributed by atoms with Crippen LogP contribution in [0.25, 0.3) is 0 Å². The Labute approximate surface area is 240 Å². The van der Waals surface area contributed by atoms with E-state index in [0.717, 1.165) is 42.4 Å². The summed E-state index contributed by atoms with van der Waals surface area (Å²) in [7, 11) is 0. The second-order valence-corrected chi connectivity index (χ2v) is 11.7. The molecule has 7 heteroatoms. The topological polar surface area (TPSA) is 49.4 Å². The average molecular weight is 570 g/mol. The van der Waals surface area contributed by atoms with Crippen molar-refractivity contribution < 1.29 is 9.59 Å². The van der Waals surface area contributed by atoms with Gasteiger partial charge in [0.15, 0.2) is 0 Å². The molecule has 4 nitrogen and oxygen atoms in total. The summed E-state index contributed by atoms with van der Waals surface area (Å²) < 4.78 is 0. The van der Waals surface area contributed by atoms with Crippen LogP contribution in [0.4, 0.5) is 0 Å². The van der Waals surface area contributed by atoms with Crippen LogP contribution in [0.2, 0.25) is 10.0 Å². The molecule has 4 rings (SSSR count). The van der Waals surface area contributed by atoms with Crippen molar-refractivity contribution in [3.63, 3.8) is 0 Å². The van der Waals surface area contributed by atoms with E-state index < -0.39 is 6.04 Å². The van der Waals surface area contributed by atoms with Crippen LogP contribution in [-0.2, 0) is 28.3 Å². The van der Waals surface area contributed by atoms with Gasteiger partial charge in [0.05, 0.1) is 5.75 Å². The maximum absolute atomic E-state index is 13.8. The number of thioether (sulfide) groups is 1. The highest BCUT2D eigenvalue weighted by Crippen LogP contribution is 2.22. The lowest BCUT2D eigenvalue weighted by atomic mass is 9.94. The lowest BCUT2D eigenvalue weighted by Gasteiger charge is -2.33. The number of amides is 2. The molecule has 1 aliphatic rings. The highest BCUT2D eigenvalue weighted by atomic mass is 35.5. The average Bonchev–Trinajstić information content (AvgIpc) is 2.93. The van der Waals surface area contributed by atoms with Crippen LogP contribution in [0, 0.1) is 0 Å². The van der Waals surface area contributed by atoms with Crippen LogP contribution in [0.1, 0.15) is 48.8 Å². The van der Waals surface area contributed by atoms with Crippen LogP contribution in [0.5, 0.6) is 0 Å². The van der Waals surface area contributed by atoms with Crippen molar-refractivity contribution in [1.82, 2.24) is 10.2 Å². The zero-order chi connectivity index (χ0) is 26.7. The second-order valence-electron chi connectivity index (χ2n) is 9.82. The van der Waals surface area contributed by atoms with Crippen LogP contribution in [0.15, 0.2) is 78.9 Å². The van der Waals surface area contributed by atoms with Gasteiger partial charge in [0.25, 0.3) is 0 Å². The minimum Gasteiger partial charge on any atom is -0.352 e. The SMILES string of the molecule is O=C(NC1CCCCC1)[C@H](Cc1ccccc1)N(Cc1ccc(Cl)cc1)C(=O)CSCc1cccc(Cl)c1. The number of nitrogens with zero attached hydrogens (tertiary/aromatic N) is 1. The Hall–Kier alpha value is -2.47. The maximum atomic E-state index is 13.8. The number of nitrogens with one attached hydrogen (secondary N) is 1. The van der Waals surface area contributed by atoms with E-state index in [1.807, 2.05) is 78.9 Å². The molecular weight excluding hydrogens is 535 g/mol. The second kappa shape index (κ2) is 14.6. The molecule has 1 N–H and O–H groups in total. The van der Waals surface area contributed by atoms with E-state index in [1.54, 1.807) is 4.90 Å². The standard InChI is InChI=1S/C31H34Cl2N2O2S/c32-26-16-14-24(15-17-26)20-35(30(36)22-38-21-25-10-7-11-27(33)18-25)29(19-23-8-3-1-4-9-23)31(37)34-28-12-5-2-6-13-28/h1,3-4,7-11,14-18,28-29H,2,5-6,12-13,19-22H2,(H,34,37)/t29-/m0/s1. The third-order valence-corrected chi connectivity index (χ3v) is 8.35. The Morgan fingerprint density at radius 2 is 1.55 bits per heavy atom. The first-order chi connectivity index (χ1) is 18.5. The van der Waals surface area contributed by atoms with Crippen molar-refractivity contribution in [2.24, 2.45) is 0 Å². The fraction of sp³-hybridized carbons (Fsp3) is 0.355. The summed E-state index contributed by atoms with van der Waals surface area (Å²) in [4.78, 5) is 29.3. The third kappa shape index (κ3) is 8.79. The van der Waals surface area contributed by atoms with Gasteiger partial charge < -0.3 is 10.2 Å². The summed E-state index contributed by atoms with van der Waals surface area (Å²) in [5.74, 6) is 0.787. The first-order valence-corrected chi connectivity index (χ1v) is 15.1. The Balaban J connectivity index is 1.56. The van der Waals surface area contributed by atoms with Gasteiger partial charge in [0, 0.05) is 34.8 Å². The van der Waals surface area contributed by atoms with Crippen molar-refractivity contribution in [1.29, 1.82) is 0 Å². The zero-order valence-corrected chi connectivity index (χ0v) is 23.8. The van der Waals surface area contributed by atoms with Crippen LogP contribution in [-0.4, -0.2) is 34.6 Å². The normalized spacial score (nSPS) is 14.6. The number of rotatable bonds is 11. The molecule has 3 aromatic rings. The van der Waals surface area contributed by atoms with E-state index in [2.05, 4.69) is 5.32 Å². The minimum absolute atomic E-state index is 0.0632. The van der Waals surface area contributed by atoms with E-state index in [9.17, 15) is 9.59 Å². The molecule has 0 saturated heterocycles. The molecule has 1 atom stereocenters. The molecule has 0 aromatic heterocycles. The Morgan fingerprint density at radius 3 is 2.26 bits per heavy atom. The Morgan fingerprint density at radius 1 is 0.842 bits per heavy atom. The number of benzene rings is 3. The highest BCUT2D eigenvalue weighted by Gasteiger charge is 2.31. The molecular formula is C31H34Cl2N2O2S. The third-order valence-electron chi connectivity index (χ3n) is 6.87. The quantitative estimate of drug-likeness (QED) is 0.263. The summed E-state index contributed by atoms with van der Waals surface area (Å²) >= 11 is 13.8. The molecule has 0 bridgehead atoms. The van der Waals surface area contributed by atoms with Crippen LogP contribution in [0.3, 0.4) is 0 Å². The molecule has 1 fully saturated rings. The number of hydrogen-bond acceptors (Lipinski definition) is 3. The molecule has 38 heavy (non-hydrogen) atoms. The van der Waals surface area contributed by atoms with Crippen molar-refractivity contribution in [3.05, 3.63) is 106 Å². The monoisotopic (exact) mass is 568 g/mol. The molecule has 0 radical (unpaired) electrons. The molecule has 200 valence electrons. The van der Waals surface area contributed by atoms with Gasteiger partial charge >= 0.3 is 0 Å². The maximum Gasteiger partial charge on any atom is 0.243 e. The molecule has 0 spiro atoms. The first kappa shape index (κ1) is 28.5. The lowest BCUT2D eigenvalue weighted by Crippen LogP contribution is -2.53. The summed E-state index contributed by atoms with van der Waals surface area (Å²) in [6.45, 7) is 0.337. The number of carbonyl (C=O) groups excluding carboxylic acids is 2. The van der Waals surface area contributed by atoms with Gasteiger partial charge in [0.2, 0.25) is 11.8 Å². The van der Waals surface area contributed by atoms with E-state index >= 15 is 0 Å². The lowest BCUT2D eigenvalue weighted by molar-refractivity contribution is -0.139. The molecule has 0 unspecified atom stereocenters. The van der Waals surface area contributed by atoms with Gasteiger partial charge in [-0.1, -0.05) is 97.1 Å². The Kier molecular flexibility index (Phi) is 11.0. The van der Waals surface area contributed by atoms with Crippen molar-refractivity contribution in [3.8, 4) is 0 Å². The smallest absolute Gasteiger partial charge is 0.243 e. The fourth-order valence-corrected chi connectivity index (χ4v) is 6.05. The molecule has 0 heterocycles. The summed E-state index contributed by atoms with van der Waals surface area (Å²) in [5, 5.41) is 4.60. The molecule has 1 saturated carbocycles. The predicted octanol–water partition coefficient (Wildman–Crippen LogP) is 7.32. The van der Waals surface area contributed by atoms with Crippen molar-refractivity contribution in [2.75, 3.05) is 5.75 Å². The van der Waals surface area contributed by atoms with E-state index in [4.69, 9.17) is 23.2 Å². The largest absolute Gasteiger partial charge is 0.352 e. The van der Waals surface area contributed by atoms with Gasteiger partial charge in [-0.25, -0.2) is 0 Å². The van der Waals surface area contributed by atoms with Gasteiger partial charge in [-0.15, -0.1) is 11.8 Å². The van der Waals surface area contributed by atoms with Crippen LogP contribution >= 0.6 is 35.0 Å². The molecule has 1 aliphatic carbocycles. The molecule has 3 aromatic carbocycles. The van der Waals surface area contributed by atoms with Gasteiger partial charge in [-0.05, 0) is 53.8 Å². The molecule has 2 amide bonds. The van der Waals surface area contributed by atoms with E-state index in [-0.39, 0.29) is 23.6 Å². The molecule has 0 aliphatic heterocycles. The van der Waals surface area contributed by atoms with Crippen molar-refractivity contribution in [2.45, 2.75) is 62.9 Å². The summed E-state index contributed by atoms with van der Waals surface area (Å²) in [5.41, 5.74) is 3.03. The van der Waals surface area contributed by atoms with E-state index in [1.165, 1.54) is 18.2 Å². The predicted molar refractivity (Wildman–Crippen MR) is 159 cm³/mol. The fourth-order valence-electron chi connectivity index (χ4n) is 4.85.